The minimum atomic E-state index is -0.0833. The summed E-state index contributed by atoms with van der Waals surface area (Å²) in [5, 5.41) is 6.78. The molecule has 1 amide bonds. The second-order valence-corrected chi connectivity index (χ2v) is 5.95. The van der Waals surface area contributed by atoms with Gasteiger partial charge in [0.2, 0.25) is 0 Å². The maximum absolute atomic E-state index is 11.7. The summed E-state index contributed by atoms with van der Waals surface area (Å²) in [7, 11) is 0. The van der Waals surface area contributed by atoms with Crippen LogP contribution in [0.3, 0.4) is 0 Å². The van der Waals surface area contributed by atoms with Gasteiger partial charge in [-0.25, -0.2) is 0 Å². The minimum absolute atomic E-state index is 0.0833. The van der Waals surface area contributed by atoms with Crippen molar-refractivity contribution in [2.24, 2.45) is 0 Å². The van der Waals surface area contributed by atoms with Crippen LogP contribution in [0.15, 0.2) is 0 Å². The van der Waals surface area contributed by atoms with Gasteiger partial charge in [-0.1, -0.05) is 41.2 Å². The zero-order valence-electron chi connectivity index (χ0n) is 8.95. The van der Waals surface area contributed by atoms with E-state index >= 15 is 0 Å². The fourth-order valence-electron chi connectivity index (χ4n) is 1.05. The lowest BCUT2D eigenvalue weighted by atomic mass is 10.1. The molecule has 0 saturated carbocycles. The average Bonchev–Trinajstić information content (AvgIpc) is 2.62. The SMILES string of the molecule is CC(Br)CNC(=O)c1snnc1C(C)C. The predicted octanol–water partition coefficient (Wildman–Crippen LogP) is 2.17. The molecule has 0 aromatic carbocycles. The Kier molecular flexibility index (Phi) is 4.66. The highest BCUT2D eigenvalue weighted by Gasteiger charge is 2.18. The molecule has 0 aliphatic carbocycles. The van der Waals surface area contributed by atoms with Crippen molar-refractivity contribution in [3.8, 4) is 0 Å². The van der Waals surface area contributed by atoms with E-state index in [1.807, 2.05) is 20.8 Å². The number of hydrogen-bond donors (Lipinski definition) is 1. The first-order chi connectivity index (χ1) is 7.02. The van der Waals surface area contributed by atoms with Crippen LogP contribution in [-0.2, 0) is 0 Å². The van der Waals surface area contributed by atoms with Gasteiger partial charge < -0.3 is 5.32 Å². The third kappa shape index (κ3) is 3.53. The van der Waals surface area contributed by atoms with Crippen molar-refractivity contribution < 1.29 is 4.79 Å². The van der Waals surface area contributed by atoms with Gasteiger partial charge in [-0.15, -0.1) is 5.10 Å². The summed E-state index contributed by atoms with van der Waals surface area (Å²) < 4.78 is 3.81. The molecule has 1 aromatic rings. The largest absolute Gasteiger partial charge is 0.350 e. The van der Waals surface area contributed by atoms with Crippen LogP contribution in [0.2, 0.25) is 0 Å². The minimum Gasteiger partial charge on any atom is -0.350 e. The molecule has 0 bridgehead atoms. The topological polar surface area (TPSA) is 54.9 Å². The van der Waals surface area contributed by atoms with E-state index in [4.69, 9.17) is 0 Å². The Balaban J connectivity index is 2.69. The summed E-state index contributed by atoms with van der Waals surface area (Å²) in [6.45, 7) is 6.59. The smallest absolute Gasteiger partial charge is 0.264 e. The highest BCUT2D eigenvalue weighted by molar-refractivity contribution is 9.09. The molecule has 0 aliphatic rings. The van der Waals surface area contributed by atoms with Crippen molar-refractivity contribution >= 4 is 33.4 Å². The van der Waals surface area contributed by atoms with Crippen LogP contribution >= 0.6 is 27.5 Å². The lowest BCUT2D eigenvalue weighted by Crippen LogP contribution is -2.28. The van der Waals surface area contributed by atoms with Gasteiger partial charge in [-0.3, -0.25) is 4.79 Å². The van der Waals surface area contributed by atoms with E-state index in [-0.39, 0.29) is 16.7 Å². The molecule has 1 rings (SSSR count). The van der Waals surface area contributed by atoms with Gasteiger partial charge >= 0.3 is 0 Å². The molecule has 15 heavy (non-hydrogen) atoms. The molecule has 0 radical (unpaired) electrons. The van der Waals surface area contributed by atoms with Gasteiger partial charge in [0.15, 0.2) is 0 Å². The Labute approximate surface area is 102 Å². The van der Waals surface area contributed by atoms with E-state index in [2.05, 4.69) is 30.8 Å². The second kappa shape index (κ2) is 5.55. The fourth-order valence-corrected chi connectivity index (χ4v) is 1.94. The molecule has 1 aromatic heterocycles. The third-order valence-corrected chi connectivity index (χ3v) is 2.87. The number of nitrogens with one attached hydrogen (secondary N) is 1. The lowest BCUT2D eigenvalue weighted by Gasteiger charge is -2.06. The molecule has 0 aliphatic heterocycles. The monoisotopic (exact) mass is 291 g/mol. The first-order valence-electron chi connectivity index (χ1n) is 4.77. The number of alkyl halides is 1. The van der Waals surface area contributed by atoms with Gasteiger partial charge in [0, 0.05) is 11.4 Å². The normalized spacial score (nSPS) is 12.9. The zero-order chi connectivity index (χ0) is 11.4. The number of hydrogen-bond acceptors (Lipinski definition) is 4. The molecular formula is C9H14BrN3OS. The van der Waals surface area contributed by atoms with Gasteiger partial charge in [0.1, 0.15) is 4.88 Å². The maximum Gasteiger partial charge on any atom is 0.264 e. The summed E-state index contributed by atoms with van der Waals surface area (Å²) in [5.74, 6) is 0.144. The van der Waals surface area contributed by atoms with Crippen LogP contribution in [0.25, 0.3) is 0 Å². The van der Waals surface area contributed by atoms with Crippen molar-refractivity contribution in [3.63, 3.8) is 0 Å². The van der Waals surface area contributed by atoms with E-state index in [1.165, 1.54) is 0 Å². The summed E-state index contributed by atoms with van der Waals surface area (Å²) >= 11 is 4.52. The number of aromatic nitrogens is 2. The zero-order valence-corrected chi connectivity index (χ0v) is 11.4. The second-order valence-electron chi connectivity index (χ2n) is 3.63. The van der Waals surface area contributed by atoms with Crippen molar-refractivity contribution in [2.75, 3.05) is 6.54 Å². The molecule has 6 heteroatoms. The first-order valence-corrected chi connectivity index (χ1v) is 6.45. The predicted molar refractivity (Wildman–Crippen MR) is 64.7 cm³/mol. The fraction of sp³-hybridized carbons (Fsp3) is 0.667. The molecule has 1 N–H and O–H groups in total. The van der Waals surface area contributed by atoms with Crippen LogP contribution in [0.5, 0.6) is 0 Å². The molecule has 84 valence electrons. The number of nitrogens with zero attached hydrogens (tertiary/aromatic N) is 2. The van der Waals surface area contributed by atoms with Gasteiger partial charge in [0.05, 0.1) is 5.69 Å². The molecule has 1 unspecified atom stereocenters. The van der Waals surface area contributed by atoms with Crippen LogP contribution in [0, 0.1) is 0 Å². The average molecular weight is 292 g/mol. The van der Waals surface area contributed by atoms with Gasteiger partial charge in [-0.2, -0.15) is 0 Å². The summed E-state index contributed by atoms with van der Waals surface area (Å²) in [6.07, 6.45) is 0. The standard InChI is InChI=1S/C9H14BrN3OS/c1-5(2)7-8(15-13-12-7)9(14)11-4-6(3)10/h5-6H,4H2,1-3H3,(H,11,14). The number of halogens is 1. The van der Waals surface area contributed by atoms with Crippen LogP contribution in [-0.4, -0.2) is 26.9 Å². The third-order valence-electron chi connectivity index (χ3n) is 1.81. The summed E-state index contributed by atoms with van der Waals surface area (Å²) in [6, 6.07) is 0. The number of carbonyl (C=O) groups is 1. The van der Waals surface area contributed by atoms with E-state index in [9.17, 15) is 4.79 Å². The van der Waals surface area contributed by atoms with Crippen LogP contribution in [0.4, 0.5) is 0 Å². The molecule has 1 atom stereocenters. The maximum atomic E-state index is 11.7. The van der Waals surface area contributed by atoms with E-state index in [0.29, 0.717) is 11.4 Å². The van der Waals surface area contributed by atoms with E-state index in [1.54, 1.807) is 0 Å². The molecule has 0 fully saturated rings. The molecule has 1 heterocycles. The van der Waals surface area contributed by atoms with E-state index in [0.717, 1.165) is 17.2 Å². The van der Waals surface area contributed by atoms with Crippen molar-refractivity contribution in [2.45, 2.75) is 31.5 Å². The lowest BCUT2D eigenvalue weighted by molar-refractivity contribution is 0.0957. The molecular weight excluding hydrogens is 278 g/mol. The Morgan fingerprint density at radius 1 is 1.53 bits per heavy atom. The molecule has 4 nitrogen and oxygen atoms in total. The molecule has 0 spiro atoms. The van der Waals surface area contributed by atoms with Gasteiger partial charge in [-0.05, 0) is 17.5 Å². The number of carbonyl (C=O) groups excluding carboxylic acids is 1. The highest BCUT2D eigenvalue weighted by atomic mass is 79.9. The first kappa shape index (κ1) is 12.6. The Bertz CT molecular complexity index is 338. The van der Waals surface area contributed by atoms with Crippen molar-refractivity contribution in [3.05, 3.63) is 10.6 Å². The van der Waals surface area contributed by atoms with Crippen LogP contribution < -0.4 is 5.32 Å². The Morgan fingerprint density at radius 2 is 2.20 bits per heavy atom. The van der Waals surface area contributed by atoms with Crippen molar-refractivity contribution in [1.29, 1.82) is 0 Å². The Hall–Kier alpha value is -0.490. The summed E-state index contributed by atoms with van der Waals surface area (Å²) in [5.41, 5.74) is 0.778. The van der Waals surface area contributed by atoms with Crippen LogP contribution in [0.1, 0.15) is 42.1 Å². The highest BCUT2D eigenvalue weighted by Crippen LogP contribution is 2.19. The van der Waals surface area contributed by atoms with Gasteiger partial charge in [0.25, 0.3) is 5.91 Å². The quantitative estimate of drug-likeness (QED) is 0.865. The summed E-state index contributed by atoms with van der Waals surface area (Å²) in [4.78, 5) is 12.6. The van der Waals surface area contributed by atoms with E-state index < -0.39 is 0 Å². The Morgan fingerprint density at radius 3 is 2.73 bits per heavy atom. The molecule has 0 saturated heterocycles. The number of rotatable bonds is 4. The number of amides is 1. The van der Waals surface area contributed by atoms with Crippen molar-refractivity contribution in [1.82, 2.24) is 14.9 Å².